The first-order chi connectivity index (χ1) is 11.5. The van der Waals surface area contributed by atoms with Crippen LogP contribution in [0.2, 0.25) is 0 Å². The molecule has 1 aliphatic rings. The topological polar surface area (TPSA) is 63.4 Å². The molecule has 0 saturated carbocycles. The molecule has 0 spiro atoms. The van der Waals surface area contributed by atoms with Crippen LogP contribution in [-0.4, -0.2) is 27.1 Å². The van der Waals surface area contributed by atoms with Gasteiger partial charge >= 0.3 is 0 Å². The minimum atomic E-state index is -1.28. The van der Waals surface area contributed by atoms with E-state index in [9.17, 15) is 9.00 Å². The number of amides is 1. The smallest absolute Gasteiger partial charge is 0.239 e. The van der Waals surface area contributed by atoms with Gasteiger partial charge in [-0.2, -0.15) is 0 Å². The molecule has 5 nitrogen and oxygen atoms in total. The number of aromatic nitrogens is 1. The minimum Gasteiger partial charge on any atom is -0.361 e. The molecule has 0 fully saturated rings. The SMILES string of the molecule is Cc1noc(C)c1C[S@@](=O)CC(=O)N1c2ccccc2CC[C@@H]1C. The van der Waals surface area contributed by atoms with Crippen LogP contribution in [0, 0.1) is 13.8 Å². The summed E-state index contributed by atoms with van der Waals surface area (Å²) in [5, 5.41) is 3.88. The molecule has 2 heterocycles. The maximum Gasteiger partial charge on any atom is 0.239 e. The molecule has 1 amide bonds. The fraction of sp³-hybridized carbons (Fsp3) is 0.444. The molecule has 0 radical (unpaired) electrons. The van der Waals surface area contributed by atoms with Gasteiger partial charge in [0.25, 0.3) is 0 Å². The van der Waals surface area contributed by atoms with Crippen molar-refractivity contribution in [3.05, 3.63) is 46.8 Å². The van der Waals surface area contributed by atoms with Crippen molar-refractivity contribution in [2.24, 2.45) is 0 Å². The van der Waals surface area contributed by atoms with E-state index in [1.54, 1.807) is 6.92 Å². The maximum atomic E-state index is 12.8. The van der Waals surface area contributed by atoms with Crippen LogP contribution in [0.3, 0.4) is 0 Å². The fourth-order valence-electron chi connectivity index (χ4n) is 3.20. The number of fused-ring (bicyclic) bond motifs is 1. The number of para-hydroxylation sites is 1. The van der Waals surface area contributed by atoms with E-state index in [4.69, 9.17) is 4.52 Å². The van der Waals surface area contributed by atoms with E-state index in [0.29, 0.717) is 11.5 Å². The van der Waals surface area contributed by atoms with Gasteiger partial charge < -0.3 is 9.42 Å². The highest BCUT2D eigenvalue weighted by atomic mass is 32.2. The Morgan fingerprint density at radius 2 is 2.12 bits per heavy atom. The zero-order chi connectivity index (χ0) is 17.3. The van der Waals surface area contributed by atoms with Crippen molar-refractivity contribution >= 4 is 22.4 Å². The first-order valence-electron chi connectivity index (χ1n) is 8.14. The van der Waals surface area contributed by atoms with Gasteiger partial charge in [-0.05, 0) is 45.2 Å². The quantitative estimate of drug-likeness (QED) is 0.854. The van der Waals surface area contributed by atoms with E-state index in [1.165, 1.54) is 5.56 Å². The Balaban J connectivity index is 1.74. The Morgan fingerprint density at radius 1 is 1.38 bits per heavy atom. The lowest BCUT2D eigenvalue weighted by Gasteiger charge is -2.35. The summed E-state index contributed by atoms with van der Waals surface area (Å²) in [7, 11) is -1.28. The van der Waals surface area contributed by atoms with Gasteiger partial charge in [0.1, 0.15) is 11.5 Å². The van der Waals surface area contributed by atoms with Crippen molar-refractivity contribution in [3.63, 3.8) is 0 Å². The third-order valence-electron chi connectivity index (χ3n) is 4.56. The summed E-state index contributed by atoms with van der Waals surface area (Å²) in [6.45, 7) is 5.68. The molecular weight excluding hydrogens is 324 g/mol. The number of nitrogens with zero attached hydrogens (tertiary/aromatic N) is 2. The highest BCUT2D eigenvalue weighted by Crippen LogP contribution is 2.30. The summed E-state index contributed by atoms with van der Waals surface area (Å²) < 4.78 is 17.6. The predicted octanol–water partition coefficient (Wildman–Crippen LogP) is 2.91. The molecule has 0 aliphatic carbocycles. The van der Waals surface area contributed by atoms with E-state index >= 15 is 0 Å². The van der Waals surface area contributed by atoms with Crippen molar-refractivity contribution in [1.82, 2.24) is 5.16 Å². The zero-order valence-electron chi connectivity index (χ0n) is 14.2. The first-order valence-corrected chi connectivity index (χ1v) is 9.63. The van der Waals surface area contributed by atoms with Crippen molar-refractivity contribution < 1.29 is 13.5 Å². The summed E-state index contributed by atoms with van der Waals surface area (Å²) in [5.41, 5.74) is 3.72. The zero-order valence-corrected chi connectivity index (χ0v) is 15.1. The van der Waals surface area contributed by atoms with Crippen LogP contribution in [0.4, 0.5) is 5.69 Å². The molecule has 128 valence electrons. The average Bonchev–Trinajstić information content (AvgIpc) is 2.86. The minimum absolute atomic E-state index is 0.0166. The second-order valence-corrected chi connectivity index (χ2v) is 7.77. The Morgan fingerprint density at radius 3 is 2.83 bits per heavy atom. The monoisotopic (exact) mass is 346 g/mol. The molecule has 0 unspecified atom stereocenters. The molecule has 6 heteroatoms. The van der Waals surface area contributed by atoms with Gasteiger partial charge in [0.05, 0.1) is 11.4 Å². The number of carbonyl (C=O) groups excluding carboxylic acids is 1. The summed E-state index contributed by atoms with van der Waals surface area (Å²) in [4.78, 5) is 14.6. The van der Waals surface area contributed by atoms with Crippen LogP contribution in [0.25, 0.3) is 0 Å². The molecule has 24 heavy (non-hydrogen) atoms. The van der Waals surface area contributed by atoms with Gasteiger partial charge in [0.15, 0.2) is 0 Å². The highest BCUT2D eigenvalue weighted by Gasteiger charge is 2.29. The largest absolute Gasteiger partial charge is 0.361 e. The van der Waals surface area contributed by atoms with Crippen LogP contribution >= 0.6 is 0 Å². The van der Waals surface area contributed by atoms with Gasteiger partial charge in [0, 0.05) is 28.1 Å². The van der Waals surface area contributed by atoms with Crippen LogP contribution in [0.5, 0.6) is 0 Å². The Labute approximate surface area is 144 Å². The van der Waals surface area contributed by atoms with Crippen LogP contribution in [0.15, 0.2) is 28.8 Å². The Hall–Kier alpha value is -1.95. The molecule has 1 aromatic carbocycles. The number of aryl methyl sites for hydroxylation is 3. The third-order valence-corrected chi connectivity index (χ3v) is 5.74. The predicted molar refractivity (Wildman–Crippen MR) is 94.4 cm³/mol. The van der Waals surface area contributed by atoms with Gasteiger partial charge in [-0.3, -0.25) is 9.00 Å². The maximum absolute atomic E-state index is 12.8. The normalized spacial score (nSPS) is 18.3. The molecule has 1 aromatic heterocycles. The molecule has 0 saturated heterocycles. The van der Waals surface area contributed by atoms with E-state index in [1.807, 2.05) is 36.9 Å². The average molecular weight is 346 g/mol. The number of carbonyl (C=O) groups is 1. The molecule has 1 aliphatic heterocycles. The first kappa shape index (κ1) is 16.9. The number of hydrogen-bond donors (Lipinski definition) is 0. The lowest BCUT2D eigenvalue weighted by molar-refractivity contribution is -0.116. The number of rotatable bonds is 4. The van der Waals surface area contributed by atoms with Crippen LogP contribution in [0.1, 0.15) is 35.9 Å². The standard InChI is InChI=1S/C18H22N2O3S/c1-12-8-9-15-6-4-5-7-17(15)20(12)18(21)11-24(22)10-16-13(2)19-23-14(16)3/h4-7,12H,8-11H2,1-3H3/t12-,24+/m0/s1. The second kappa shape index (κ2) is 6.89. The van der Waals surface area contributed by atoms with Gasteiger partial charge in [-0.15, -0.1) is 0 Å². The van der Waals surface area contributed by atoms with Crippen molar-refractivity contribution in [3.8, 4) is 0 Å². The molecule has 3 rings (SSSR count). The van der Waals surface area contributed by atoms with E-state index in [-0.39, 0.29) is 17.7 Å². The molecule has 2 aromatic rings. The summed E-state index contributed by atoms with van der Waals surface area (Å²) in [6.07, 6.45) is 1.91. The Kier molecular flexibility index (Phi) is 4.85. The summed E-state index contributed by atoms with van der Waals surface area (Å²) in [5.74, 6) is 0.907. The van der Waals surface area contributed by atoms with E-state index in [0.717, 1.165) is 29.8 Å². The van der Waals surface area contributed by atoms with Crippen molar-refractivity contribution in [1.29, 1.82) is 0 Å². The number of anilines is 1. The second-order valence-electron chi connectivity index (χ2n) is 6.31. The van der Waals surface area contributed by atoms with E-state index in [2.05, 4.69) is 11.2 Å². The fourth-order valence-corrected chi connectivity index (χ4v) is 4.45. The number of hydrogen-bond acceptors (Lipinski definition) is 4. The van der Waals surface area contributed by atoms with E-state index < -0.39 is 10.8 Å². The molecule has 0 bridgehead atoms. The molecule has 2 atom stereocenters. The lowest BCUT2D eigenvalue weighted by Crippen LogP contribution is -2.44. The molecular formula is C18H22N2O3S. The van der Waals surface area contributed by atoms with Crippen LogP contribution < -0.4 is 4.90 Å². The van der Waals surface area contributed by atoms with Crippen LogP contribution in [-0.2, 0) is 27.8 Å². The summed E-state index contributed by atoms with van der Waals surface area (Å²) in [6, 6.07) is 8.09. The molecule has 0 N–H and O–H groups in total. The third kappa shape index (κ3) is 3.29. The number of benzene rings is 1. The van der Waals surface area contributed by atoms with Crippen molar-refractivity contribution in [2.45, 2.75) is 45.4 Å². The van der Waals surface area contributed by atoms with Crippen molar-refractivity contribution in [2.75, 3.05) is 10.7 Å². The van der Waals surface area contributed by atoms with Gasteiger partial charge in [-0.25, -0.2) is 0 Å². The Bertz CT molecular complexity index is 765. The summed E-state index contributed by atoms with van der Waals surface area (Å²) >= 11 is 0. The van der Waals surface area contributed by atoms with Gasteiger partial charge in [-0.1, -0.05) is 23.4 Å². The lowest BCUT2D eigenvalue weighted by atomic mass is 9.97. The highest BCUT2D eigenvalue weighted by molar-refractivity contribution is 7.85. The van der Waals surface area contributed by atoms with Gasteiger partial charge in [0.2, 0.25) is 5.91 Å².